The molecule has 0 aliphatic carbocycles. The molecule has 0 bridgehead atoms. The van der Waals surface area contributed by atoms with Crippen molar-refractivity contribution in [2.45, 2.75) is 19.4 Å². The minimum absolute atomic E-state index is 0.186. The summed E-state index contributed by atoms with van der Waals surface area (Å²) in [5.41, 5.74) is 3.69. The van der Waals surface area contributed by atoms with Gasteiger partial charge in [-0.2, -0.15) is 0 Å². The smallest absolute Gasteiger partial charge is 0.338 e. The number of rotatable bonds is 5. The van der Waals surface area contributed by atoms with Gasteiger partial charge < -0.3 is 14.4 Å². The monoisotopic (exact) mass is 394 g/mol. The normalized spacial score (nSPS) is 16.9. The van der Waals surface area contributed by atoms with Crippen molar-refractivity contribution in [2.75, 3.05) is 44.4 Å². The van der Waals surface area contributed by atoms with Crippen LogP contribution in [0.4, 0.5) is 5.69 Å². The molecule has 2 aliphatic heterocycles. The molecular weight excluding hydrogens is 368 g/mol. The molecule has 152 valence electrons. The second-order valence-corrected chi connectivity index (χ2v) is 7.44. The van der Waals surface area contributed by atoms with Crippen molar-refractivity contribution in [3.05, 3.63) is 65.2 Å². The highest BCUT2D eigenvalue weighted by molar-refractivity contribution is 5.97. The summed E-state index contributed by atoms with van der Waals surface area (Å²) in [7, 11) is 0. The van der Waals surface area contributed by atoms with Crippen molar-refractivity contribution >= 4 is 17.6 Å². The number of ether oxygens (including phenoxy) is 2. The van der Waals surface area contributed by atoms with Crippen molar-refractivity contribution < 1.29 is 19.1 Å². The minimum atomic E-state index is -0.471. The van der Waals surface area contributed by atoms with Gasteiger partial charge in [-0.3, -0.25) is 9.69 Å². The molecule has 0 unspecified atom stereocenters. The summed E-state index contributed by atoms with van der Waals surface area (Å²) < 4.78 is 10.7. The number of nitrogens with zero attached hydrogens (tertiary/aromatic N) is 2. The Morgan fingerprint density at radius 1 is 0.966 bits per heavy atom. The maximum atomic E-state index is 12.6. The first kappa shape index (κ1) is 19.6. The standard InChI is InChI=1S/C23H26N2O4/c26-22(25-11-3-5-19-4-1-2-6-21(19)25)17-29-23(27)20-9-7-18(8-10-20)16-24-12-14-28-15-13-24/h1-2,4,6-10H,3,5,11-17H2. The Bertz CT molecular complexity index is 859. The second kappa shape index (κ2) is 9.20. The summed E-state index contributed by atoms with van der Waals surface area (Å²) in [6, 6.07) is 15.3. The average Bonchev–Trinajstić information content (AvgIpc) is 2.78. The third-order valence-electron chi connectivity index (χ3n) is 5.44. The summed E-state index contributed by atoms with van der Waals surface area (Å²) in [5, 5.41) is 0. The molecular formula is C23H26N2O4. The van der Waals surface area contributed by atoms with E-state index in [2.05, 4.69) is 4.90 Å². The highest BCUT2D eigenvalue weighted by atomic mass is 16.5. The lowest BCUT2D eigenvalue weighted by atomic mass is 10.0. The number of hydrogen-bond acceptors (Lipinski definition) is 5. The van der Waals surface area contributed by atoms with Gasteiger partial charge >= 0.3 is 5.97 Å². The predicted octanol–water partition coefficient (Wildman–Crippen LogP) is 2.66. The fourth-order valence-corrected chi connectivity index (χ4v) is 3.84. The van der Waals surface area contributed by atoms with Gasteiger partial charge in [-0.25, -0.2) is 4.79 Å². The van der Waals surface area contributed by atoms with Crippen LogP contribution in [0.5, 0.6) is 0 Å². The summed E-state index contributed by atoms with van der Waals surface area (Å²) in [6.45, 7) is 4.62. The van der Waals surface area contributed by atoms with E-state index in [1.807, 2.05) is 36.4 Å². The van der Waals surface area contributed by atoms with Crippen LogP contribution < -0.4 is 4.90 Å². The van der Waals surface area contributed by atoms with E-state index in [9.17, 15) is 9.59 Å². The summed E-state index contributed by atoms with van der Waals surface area (Å²) >= 11 is 0. The fourth-order valence-electron chi connectivity index (χ4n) is 3.84. The molecule has 1 fully saturated rings. The lowest BCUT2D eigenvalue weighted by Crippen LogP contribution is -2.38. The minimum Gasteiger partial charge on any atom is -0.452 e. The number of esters is 1. The fraction of sp³-hybridized carbons (Fsp3) is 0.391. The first-order chi connectivity index (χ1) is 14.2. The Labute approximate surface area is 171 Å². The Morgan fingerprint density at radius 3 is 2.52 bits per heavy atom. The Morgan fingerprint density at radius 2 is 1.72 bits per heavy atom. The molecule has 6 nitrogen and oxygen atoms in total. The van der Waals surface area contributed by atoms with E-state index < -0.39 is 5.97 Å². The molecule has 0 N–H and O–H groups in total. The molecule has 2 aliphatic rings. The number of anilines is 1. The van der Waals surface area contributed by atoms with Crippen LogP contribution in [0.2, 0.25) is 0 Å². The van der Waals surface area contributed by atoms with E-state index in [-0.39, 0.29) is 12.5 Å². The molecule has 2 heterocycles. The van der Waals surface area contributed by atoms with Crippen LogP contribution in [0.25, 0.3) is 0 Å². The van der Waals surface area contributed by atoms with E-state index in [1.54, 1.807) is 17.0 Å². The number of fused-ring (bicyclic) bond motifs is 1. The molecule has 6 heteroatoms. The molecule has 29 heavy (non-hydrogen) atoms. The van der Waals surface area contributed by atoms with Crippen LogP contribution in [-0.2, 0) is 27.2 Å². The van der Waals surface area contributed by atoms with E-state index >= 15 is 0 Å². The van der Waals surface area contributed by atoms with Gasteiger partial charge in [0.05, 0.1) is 18.8 Å². The number of para-hydroxylation sites is 1. The number of carbonyl (C=O) groups is 2. The van der Waals surface area contributed by atoms with Crippen LogP contribution >= 0.6 is 0 Å². The van der Waals surface area contributed by atoms with Gasteiger partial charge in [0, 0.05) is 31.9 Å². The first-order valence-corrected chi connectivity index (χ1v) is 10.1. The van der Waals surface area contributed by atoms with Crippen LogP contribution in [-0.4, -0.2) is 56.2 Å². The topological polar surface area (TPSA) is 59.1 Å². The van der Waals surface area contributed by atoms with Crippen molar-refractivity contribution in [3.63, 3.8) is 0 Å². The quantitative estimate of drug-likeness (QED) is 0.730. The van der Waals surface area contributed by atoms with Crippen molar-refractivity contribution in [3.8, 4) is 0 Å². The lowest BCUT2D eigenvalue weighted by molar-refractivity contribution is -0.121. The molecule has 0 aromatic heterocycles. The number of hydrogen-bond donors (Lipinski definition) is 0. The molecule has 4 rings (SSSR count). The number of benzene rings is 2. The van der Waals surface area contributed by atoms with Gasteiger partial charge in [-0.1, -0.05) is 30.3 Å². The zero-order valence-electron chi connectivity index (χ0n) is 16.5. The van der Waals surface area contributed by atoms with E-state index in [0.29, 0.717) is 12.1 Å². The van der Waals surface area contributed by atoms with Gasteiger partial charge in [-0.05, 0) is 42.2 Å². The predicted molar refractivity (Wildman–Crippen MR) is 110 cm³/mol. The lowest BCUT2D eigenvalue weighted by Gasteiger charge is -2.29. The molecule has 1 amide bonds. The van der Waals surface area contributed by atoms with E-state index in [1.165, 1.54) is 0 Å². The van der Waals surface area contributed by atoms with Crippen LogP contribution in [0.3, 0.4) is 0 Å². The van der Waals surface area contributed by atoms with Gasteiger partial charge in [0.15, 0.2) is 6.61 Å². The van der Waals surface area contributed by atoms with Crippen LogP contribution in [0.1, 0.15) is 27.9 Å². The second-order valence-electron chi connectivity index (χ2n) is 7.44. The number of carbonyl (C=O) groups excluding carboxylic acids is 2. The summed E-state index contributed by atoms with van der Waals surface area (Å²) in [4.78, 5) is 29.0. The largest absolute Gasteiger partial charge is 0.452 e. The Hall–Kier alpha value is -2.70. The number of amides is 1. The molecule has 2 aromatic rings. The number of aryl methyl sites for hydroxylation is 1. The maximum absolute atomic E-state index is 12.6. The molecule has 0 radical (unpaired) electrons. The third-order valence-corrected chi connectivity index (χ3v) is 5.44. The molecule has 2 aromatic carbocycles. The molecule has 0 spiro atoms. The highest BCUT2D eigenvalue weighted by Crippen LogP contribution is 2.26. The van der Waals surface area contributed by atoms with Gasteiger partial charge in [-0.15, -0.1) is 0 Å². The van der Waals surface area contributed by atoms with Gasteiger partial charge in [0.2, 0.25) is 0 Å². The summed E-state index contributed by atoms with van der Waals surface area (Å²) in [5.74, 6) is -0.656. The van der Waals surface area contributed by atoms with Crippen molar-refractivity contribution in [1.82, 2.24) is 4.90 Å². The summed E-state index contributed by atoms with van der Waals surface area (Å²) in [6.07, 6.45) is 1.89. The van der Waals surface area contributed by atoms with E-state index in [4.69, 9.17) is 9.47 Å². The van der Waals surface area contributed by atoms with Crippen molar-refractivity contribution in [1.29, 1.82) is 0 Å². The zero-order chi connectivity index (χ0) is 20.1. The molecule has 1 saturated heterocycles. The van der Waals surface area contributed by atoms with Gasteiger partial charge in [0.1, 0.15) is 0 Å². The zero-order valence-corrected chi connectivity index (χ0v) is 16.5. The first-order valence-electron chi connectivity index (χ1n) is 10.1. The Kier molecular flexibility index (Phi) is 6.22. The number of morpholine rings is 1. The maximum Gasteiger partial charge on any atom is 0.338 e. The van der Waals surface area contributed by atoms with Crippen molar-refractivity contribution in [2.24, 2.45) is 0 Å². The SMILES string of the molecule is O=C(OCC(=O)N1CCCc2ccccc21)c1ccc(CN2CCOCC2)cc1. The highest BCUT2D eigenvalue weighted by Gasteiger charge is 2.23. The van der Waals surface area contributed by atoms with Crippen LogP contribution in [0.15, 0.2) is 48.5 Å². The molecule has 0 atom stereocenters. The van der Waals surface area contributed by atoms with E-state index in [0.717, 1.165) is 62.5 Å². The van der Waals surface area contributed by atoms with Crippen LogP contribution in [0, 0.1) is 0 Å². The average molecular weight is 394 g/mol. The van der Waals surface area contributed by atoms with Gasteiger partial charge in [0.25, 0.3) is 5.91 Å². The third kappa shape index (κ3) is 4.83. The Balaban J connectivity index is 1.31. The molecule has 0 saturated carbocycles.